The van der Waals surface area contributed by atoms with E-state index in [1.165, 1.54) is 31.6 Å². The van der Waals surface area contributed by atoms with E-state index in [4.69, 9.17) is 4.74 Å². The van der Waals surface area contributed by atoms with Crippen LogP contribution in [0.2, 0.25) is 0 Å². The van der Waals surface area contributed by atoms with Gasteiger partial charge in [0.05, 0.1) is 24.3 Å². The number of anilines is 2. The van der Waals surface area contributed by atoms with Crippen LogP contribution in [-0.2, 0) is 42.2 Å². The van der Waals surface area contributed by atoms with Gasteiger partial charge >= 0.3 is 37.5 Å². The molecule has 2 heterocycles. The van der Waals surface area contributed by atoms with Gasteiger partial charge in [-0.3, -0.25) is 11.1 Å². The van der Waals surface area contributed by atoms with Gasteiger partial charge in [0.1, 0.15) is 17.8 Å². The first kappa shape index (κ1) is 30.4. The average Bonchev–Trinajstić information content (AvgIpc) is 3.36. The van der Waals surface area contributed by atoms with E-state index in [0.29, 0.717) is 0 Å². The number of benzene rings is 2. The van der Waals surface area contributed by atoms with Gasteiger partial charge < -0.3 is 25.9 Å². The molecule has 9 nitrogen and oxygen atoms in total. The van der Waals surface area contributed by atoms with Gasteiger partial charge in [0.2, 0.25) is 0 Å². The summed E-state index contributed by atoms with van der Waals surface area (Å²) in [4.78, 5) is 13.7. The Hall–Kier alpha value is -3.09. The summed E-state index contributed by atoms with van der Waals surface area (Å²) in [7, 11) is -2.69. The molecular formula is C24H22F4N4O5SW. The van der Waals surface area contributed by atoms with Crippen molar-refractivity contribution in [2.45, 2.75) is 18.6 Å². The van der Waals surface area contributed by atoms with E-state index < -0.39 is 39.7 Å². The molecule has 4 rings (SSSR count). The number of aromatic nitrogens is 1. The zero-order valence-corrected chi connectivity index (χ0v) is 24.1. The number of carbonyl (C=O) groups excluding carboxylic acids is 1. The topological polar surface area (TPSA) is 105 Å². The Labute approximate surface area is 236 Å². The molecule has 39 heavy (non-hydrogen) atoms. The van der Waals surface area contributed by atoms with Crippen LogP contribution in [-0.4, -0.2) is 50.0 Å². The Balaban J connectivity index is 0.00000420. The van der Waals surface area contributed by atoms with E-state index in [0.717, 1.165) is 33.5 Å². The van der Waals surface area contributed by atoms with Crippen molar-refractivity contribution < 1.29 is 61.1 Å². The van der Waals surface area contributed by atoms with Crippen LogP contribution in [0.1, 0.15) is 12.0 Å². The van der Waals surface area contributed by atoms with E-state index in [1.807, 2.05) is 0 Å². The van der Waals surface area contributed by atoms with Crippen LogP contribution < -0.4 is 14.4 Å². The molecule has 1 atom stereocenters. The number of hydrogen-bond acceptors (Lipinski definition) is 6. The summed E-state index contributed by atoms with van der Waals surface area (Å²) in [6.07, 6.45) is -1.72. The number of nitrogens with zero attached hydrogens (tertiary/aromatic N) is 3. The molecule has 0 radical (unpaired) electrons. The van der Waals surface area contributed by atoms with Crippen molar-refractivity contribution in [1.29, 1.82) is 0 Å². The van der Waals surface area contributed by atoms with Crippen LogP contribution in [0.3, 0.4) is 0 Å². The van der Waals surface area contributed by atoms with Gasteiger partial charge in [-0.15, -0.1) is 6.54 Å². The Morgan fingerprint density at radius 3 is 2.59 bits per heavy atom. The molecule has 0 spiro atoms. The second kappa shape index (κ2) is 12.0. The summed E-state index contributed by atoms with van der Waals surface area (Å²) < 4.78 is 93.3. The van der Waals surface area contributed by atoms with E-state index in [1.54, 1.807) is 6.42 Å². The van der Waals surface area contributed by atoms with Crippen molar-refractivity contribution in [1.82, 2.24) is 9.46 Å². The van der Waals surface area contributed by atoms with Crippen molar-refractivity contribution in [2.75, 3.05) is 29.8 Å². The number of ether oxygens (including phenoxy) is 1. The molecule has 0 unspecified atom stereocenters. The van der Waals surface area contributed by atoms with Crippen LogP contribution in [0.5, 0.6) is 5.75 Å². The molecule has 1 aromatic heterocycles. The molecule has 2 aromatic carbocycles. The van der Waals surface area contributed by atoms with E-state index in [2.05, 4.69) is 21.3 Å². The van der Waals surface area contributed by atoms with Crippen LogP contribution in [0.15, 0.2) is 53.3 Å². The van der Waals surface area contributed by atoms with Crippen LogP contribution in [0.4, 0.5) is 29.1 Å². The van der Waals surface area contributed by atoms with Gasteiger partial charge in [-0.05, 0) is 30.2 Å². The van der Waals surface area contributed by atoms with Crippen molar-refractivity contribution in [2.24, 2.45) is 0 Å². The Bertz CT molecular complexity index is 1410. The molecular weight excluding hydrogens is 716 g/mol. The first-order valence-electron chi connectivity index (χ1n) is 11.1. The zero-order valence-electron chi connectivity index (χ0n) is 20.3. The quantitative estimate of drug-likeness (QED) is 0.287. The second-order valence-corrected chi connectivity index (χ2v) is 9.96. The van der Waals surface area contributed by atoms with E-state index >= 15 is 4.39 Å². The molecule has 1 fully saturated rings. The minimum Gasteiger partial charge on any atom is -0.495 e. The van der Waals surface area contributed by atoms with E-state index in [9.17, 15) is 26.4 Å². The third-order valence-corrected chi connectivity index (χ3v) is 7.37. The molecule has 3 aromatic rings. The zero-order chi connectivity index (χ0) is 27.7. The minimum absolute atomic E-state index is 0. The number of nitrogens with one attached hydrogen (secondary N) is 1. The van der Waals surface area contributed by atoms with Gasteiger partial charge in [0.25, 0.3) is 0 Å². The molecule has 15 heteroatoms. The molecule has 0 aliphatic carbocycles. The number of rotatable bonds is 7. The summed E-state index contributed by atoms with van der Waals surface area (Å²) in [5.74, 6) is -1.58. The molecule has 1 aliphatic heterocycles. The fraction of sp³-hybridized carbons (Fsp3) is 0.250. The third-order valence-electron chi connectivity index (χ3n) is 5.90. The number of hydrogen-bond donors (Lipinski definition) is 1. The SMILES string of the molecule is [CH2-]C(=O)N(c1cc(F)c(-c2cccc(C(F)(F)F)c2)cc1OC)[C@@H]1[CH-]CN(S(=O)(=O)Nc2ccon2)CC1.[W+2]. The normalized spacial score (nSPS) is 16.3. The average molecular weight is 738 g/mol. The fourth-order valence-electron chi connectivity index (χ4n) is 4.12. The third kappa shape index (κ3) is 6.74. The monoisotopic (exact) mass is 738 g/mol. The van der Waals surface area contributed by atoms with Crippen LogP contribution in [0.25, 0.3) is 11.1 Å². The maximum Gasteiger partial charge on any atom is 2.00 e. The predicted molar refractivity (Wildman–Crippen MR) is 130 cm³/mol. The number of amides is 1. The van der Waals surface area contributed by atoms with Gasteiger partial charge in [0, 0.05) is 24.2 Å². The van der Waals surface area contributed by atoms with Gasteiger partial charge in [-0.1, -0.05) is 23.3 Å². The van der Waals surface area contributed by atoms with Crippen LogP contribution in [0, 0.1) is 19.2 Å². The predicted octanol–water partition coefficient (Wildman–Crippen LogP) is 4.31. The summed E-state index contributed by atoms with van der Waals surface area (Å²) in [5.41, 5.74) is -1.13. The minimum atomic E-state index is -4.61. The Morgan fingerprint density at radius 2 is 2.03 bits per heavy atom. The second-order valence-electron chi connectivity index (χ2n) is 8.29. The standard InChI is InChI=1S/C24H22F4N4O5S.W/c1-15(33)32(18-6-9-31(10-7-18)38(34,35)30-23-8-11-37-29-23)21-14-20(25)19(13-22(21)36-2)16-4-3-5-17(12-16)24(26,27)28;/h3-6,8,11-14,18H,1,7,9-10H2,2H3,(H,29,30);/q-2;+2/t18-;/m1./s1. The molecule has 0 saturated carbocycles. The van der Waals surface area contributed by atoms with Crippen LogP contribution >= 0.6 is 0 Å². The fourth-order valence-corrected chi connectivity index (χ4v) is 5.24. The van der Waals surface area contributed by atoms with Crippen molar-refractivity contribution in [3.05, 3.63) is 73.5 Å². The number of methoxy groups -OCH3 is 1. The summed E-state index contributed by atoms with van der Waals surface area (Å²) in [5, 5.41) is 3.51. The molecule has 1 aliphatic rings. The maximum absolute atomic E-state index is 15.3. The smallest absolute Gasteiger partial charge is 0.495 e. The summed E-state index contributed by atoms with van der Waals surface area (Å²) in [6, 6.07) is 7.04. The van der Waals surface area contributed by atoms with Gasteiger partial charge in [0.15, 0.2) is 5.82 Å². The first-order chi connectivity index (χ1) is 17.9. The van der Waals surface area contributed by atoms with Gasteiger partial charge in [-0.25, -0.2) is 8.70 Å². The molecule has 1 saturated heterocycles. The molecule has 1 N–H and O–H groups in total. The van der Waals surface area contributed by atoms with Crippen molar-refractivity contribution >= 4 is 27.6 Å². The molecule has 1 amide bonds. The summed E-state index contributed by atoms with van der Waals surface area (Å²) >= 11 is 0. The van der Waals surface area contributed by atoms with Crippen molar-refractivity contribution in [3.8, 4) is 16.9 Å². The maximum atomic E-state index is 15.3. The number of piperidine rings is 1. The first-order valence-corrected chi connectivity index (χ1v) is 12.6. The molecule has 0 bridgehead atoms. The number of halogens is 4. The Kier molecular flexibility index (Phi) is 9.34. The summed E-state index contributed by atoms with van der Waals surface area (Å²) in [6.45, 7) is 3.35. The number of alkyl halides is 3. The number of carbonyl (C=O) groups is 1. The van der Waals surface area contributed by atoms with Crippen molar-refractivity contribution in [3.63, 3.8) is 0 Å². The Morgan fingerprint density at radius 1 is 1.28 bits per heavy atom. The van der Waals surface area contributed by atoms with E-state index in [-0.39, 0.29) is 69.0 Å². The largest absolute Gasteiger partial charge is 2.00 e. The molecule has 208 valence electrons. The van der Waals surface area contributed by atoms with Gasteiger partial charge in [-0.2, -0.15) is 21.6 Å².